The van der Waals surface area contributed by atoms with Gasteiger partial charge in [0.15, 0.2) is 23.0 Å². The molecule has 0 aliphatic rings. The Morgan fingerprint density at radius 2 is 2.57 bits per heavy atom. The fraction of sp³-hybridized carbons (Fsp3) is 0.429. The first-order valence-electron chi connectivity index (χ1n) is 4.02. The van der Waals surface area contributed by atoms with Gasteiger partial charge in [-0.25, -0.2) is 0 Å². The highest BCUT2D eigenvalue weighted by Gasteiger charge is 2.09. The molecule has 0 saturated heterocycles. The average molecular weight is 214 g/mol. The maximum absolute atomic E-state index is 10.6. The summed E-state index contributed by atoms with van der Waals surface area (Å²) in [6.45, 7) is 2.39. The summed E-state index contributed by atoms with van der Waals surface area (Å²) in [7, 11) is 0. The smallest absolute Gasteiger partial charge is 0.200 e. The highest BCUT2D eigenvalue weighted by atomic mass is 32.1. The van der Waals surface area contributed by atoms with Crippen LogP contribution in [-0.2, 0) is 9.63 Å². The van der Waals surface area contributed by atoms with E-state index in [0.29, 0.717) is 18.0 Å². The zero-order chi connectivity index (χ0) is 10.4. The van der Waals surface area contributed by atoms with Gasteiger partial charge in [-0.2, -0.15) is 9.36 Å². The van der Waals surface area contributed by atoms with Gasteiger partial charge < -0.3 is 10.6 Å². The first-order chi connectivity index (χ1) is 6.77. The molecule has 0 bridgehead atoms. The molecule has 0 fully saturated rings. The molecule has 2 N–H and O–H groups in total. The van der Waals surface area contributed by atoms with Crippen molar-refractivity contribution in [1.82, 2.24) is 9.36 Å². The van der Waals surface area contributed by atoms with Crippen molar-refractivity contribution in [3.63, 3.8) is 0 Å². The molecule has 1 heterocycles. The van der Waals surface area contributed by atoms with Crippen molar-refractivity contribution in [3.05, 3.63) is 5.82 Å². The van der Waals surface area contributed by atoms with Crippen LogP contribution in [0.25, 0.3) is 0 Å². The van der Waals surface area contributed by atoms with Gasteiger partial charge in [0.2, 0.25) is 0 Å². The molecule has 1 aromatic rings. The number of nitrogens with two attached hydrogens (primary N) is 1. The van der Waals surface area contributed by atoms with Crippen LogP contribution in [0, 0.1) is 0 Å². The Balaban J connectivity index is 2.71. The SMILES string of the molecule is CCCO/N=C(\C=O)c1nsc(N)n1. The second kappa shape index (κ2) is 5.28. The summed E-state index contributed by atoms with van der Waals surface area (Å²) in [6.07, 6.45) is 1.36. The number of nitrogens with zero attached hydrogens (tertiary/aromatic N) is 3. The number of carbonyl (C=O) groups is 1. The number of aromatic nitrogens is 2. The first-order valence-corrected chi connectivity index (χ1v) is 4.80. The van der Waals surface area contributed by atoms with E-state index >= 15 is 0 Å². The van der Waals surface area contributed by atoms with Gasteiger partial charge in [-0.3, -0.25) is 4.79 Å². The molecule has 0 unspecified atom stereocenters. The highest BCUT2D eigenvalue weighted by Crippen LogP contribution is 2.06. The summed E-state index contributed by atoms with van der Waals surface area (Å²) in [5.41, 5.74) is 5.42. The largest absolute Gasteiger partial charge is 0.395 e. The predicted molar refractivity (Wildman–Crippen MR) is 53.2 cm³/mol. The van der Waals surface area contributed by atoms with Gasteiger partial charge in [0.25, 0.3) is 0 Å². The van der Waals surface area contributed by atoms with E-state index in [2.05, 4.69) is 14.5 Å². The minimum atomic E-state index is 0.0615. The third-order valence-electron chi connectivity index (χ3n) is 1.24. The Bertz CT molecular complexity index is 336. The number of hydrogen-bond donors (Lipinski definition) is 1. The van der Waals surface area contributed by atoms with Crippen molar-refractivity contribution in [3.8, 4) is 0 Å². The number of hydrogen-bond acceptors (Lipinski definition) is 7. The Hall–Kier alpha value is -1.50. The van der Waals surface area contributed by atoms with Crippen LogP contribution in [-0.4, -0.2) is 28.0 Å². The molecule has 0 spiro atoms. The third kappa shape index (κ3) is 2.77. The summed E-state index contributed by atoms with van der Waals surface area (Å²) in [4.78, 5) is 19.2. The number of rotatable bonds is 5. The summed E-state index contributed by atoms with van der Waals surface area (Å²) in [6, 6.07) is 0. The molecule has 0 atom stereocenters. The van der Waals surface area contributed by atoms with E-state index in [4.69, 9.17) is 10.6 Å². The van der Waals surface area contributed by atoms with Gasteiger partial charge >= 0.3 is 0 Å². The van der Waals surface area contributed by atoms with Crippen molar-refractivity contribution in [2.75, 3.05) is 12.3 Å². The minimum Gasteiger partial charge on any atom is -0.395 e. The van der Waals surface area contributed by atoms with Crippen molar-refractivity contribution < 1.29 is 9.63 Å². The lowest BCUT2D eigenvalue weighted by atomic mass is 10.4. The first kappa shape index (κ1) is 10.6. The molecular formula is C7H10N4O2S. The lowest BCUT2D eigenvalue weighted by Crippen LogP contribution is -2.06. The van der Waals surface area contributed by atoms with Crippen LogP contribution >= 0.6 is 11.5 Å². The van der Waals surface area contributed by atoms with E-state index in [1.165, 1.54) is 0 Å². The highest BCUT2D eigenvalue weighted by molar-refractivity contribution is 7.09. The topological polar surface area (TPSA) is 90.5 Å². The molecule has 1 rings (SSSR count). The van der Waals surface area contributed by atoms with E-state index < -0.39 is 0 Å². The second-order valence-electron chi connectivity index (χ2n) is 2.38. The maximum Gasteiger partial charge on any atom is 0.200 e. The van der Waals surface area contributed by atoms with Crippen LogP contribution in [0.4, 0.5) is 5.13 Å². The van der Waals surface area contributed by atoms with Gasteiger partial charge in [0.1, 0.15) is 6.61 Å². The molecule has 1 aromatic heterocycles. The van der Waals surface area contributed by atoms with E-state index in [-0.39, 0.29) is 11.5 Å². The van der Waals surface area contributed by atoms with E-state index in [0.717, 1.165) is 18.0 Å². The standard InChI is InChI=1S/C7H10N4O2S/c1-2-3-13-10-5(4-12)6-9-7(8)14-11-6/h4H,2-3H2,1H3,(H2,8,9,11)/b10-5+. The zero-order valence-corrected chi connectivity index (χ0v) is 8.45. The monoisotopic (exact) mass is 214 g/mol. The zero-order valence-electron chi connectivity index (χ0n) is 7.64. The summed E-state index contributed by atoms with van der Waals surface area (Å²) in [5, 5.41) is 3.89. The minimum absolute atomic E-state index is 0.0615. The van der Waals surface area contributed by atoms with Crippen molar-refractivity contribution >= 4 is 28.7 Å². The van der Waals surface area contributed by atoms with Crippen LogP contribution in [0.5, 0.6) is 0 Å². The Morgan fingerprint density at radius 3 is 3.07 bits per heavy atom. The van der Waals surface area contributed by atoms with Crippen LogP contribution in [0.3, 0.4) is 0 Å². The van der Waals surface area contributed by atoms with Gasteiger partial charge in [-0.05, 0) is 6.42 Å². The Morgan fingerprint density at radius 1 is 1.79 bits per heavy atom. The molecule has 76 valence electrons. The summed E-state index contributed by atoms with van der Waals surface area (Å²) in [5.74, 6) is 0.207. The molecule has 6 nitrogen and oxygen atoms in total. The van der Waals surface area contributed by atoms with E-state index in [1.807, 2.05) is 6.92 Å². The molecule has 0 aliphatic heterocycles. The lowest BCUT2D eigenvalue weighted by molar-refractivity contribution is -0.102. The van der Waals surface area contributed by atoms with Crippen LogP contribution < -0.4 is 5.73 Å². The van der Waals surface area contributed by atoms with Gasteiger partial charge in [0, 0.05) is 11.5 Å². The molecule has 0 aliphatic carbocycles. The van der Waals surface area contributed by atoms with Crippen LogP contribution in [0.1, 0.15) is 19.2 Å². The maximum atomic E-state index is 10.6. The van der Waals surface area contributed by atoms with E-state index in [9.17, 15) is 4.79 Å². The van der Waals surface area contributed by atoms with Gasteiger partial charge in [-0.1, -0.05) is 12.1 Å². The van der Waals surface area contributed by atoms with Crippen molar-refractivity contribution in [2.45, 2.75) is 13.3 Å². The molecule has 7 heteroatoms. The second-order valence-corrected chi connectivity index (χ2v) is 3.17. The average Bonchev–Trinajstić information content (AvgIpc) is 2.60. The molecule has 0 amide bonds. The van der Waals surface area contributed by atoms with E-state index in [1.54, 1.807) is 0 Å². The Labute approximate surface area is 84.9 Å². The third-order valence-corrected chi connectivity index (χ3v) is 1.78. The Kier molecular flexibility index (Phi) is 3.99. The predicted octanol–water partition coefficient (Wildman–Crippen LogP) is 0.450. The quantitative estimate of drug-likeness (QED) is 0.332. The number of carbonyl (C=O) groups excluding carboxylic acids is 1. The number of anilines is 1. The lowest BCUT2D eigenvalue weighted by Gasteiger charge is -1.95. The number of aldehydes is 1. The molecule has 14 heavy (non-hydrogen) atoms. The van der Waals surface area contributed by atoms with Crippen molar-refractivity contribution in [2.24, 2.45) is 5.16 Å². The molecule has 0 aromatic carbocycles. The molecule has 0 radical (unpaired) electrons. The molecule has 0 saturated carbocycles. The fourth-order valence-corrected chi connectivity index (χ4v) is 1.10. The number of oxime groups is 1. The van der Waals surface area contributed by atoms with Crippen LogP contribution in [0.15, 0.2) is 5.16 Å². The number of nitrogen functional groups attached to an aromatic ring is 1. The van der Waals surface area contributed by atoms with Gasteiger partial charge in [0.05, 0.1) is 0 Å². The summed E-state index contributed by atoms with van der Waals surface area (Å²) >= 11 is 1.01. The van der Waals surface area contributed by atoms with Crippen LogP contribution in [0.2, 0.25) is 0 Å². The van der Waals surface area contributed by atoms with Gasteiger partial charge in [-0.15, -0.1) is 0 Å². The van der Waals surface area contributed by atoms with Crippen molar-refractivity contribution in [1.29, 1.82) is 0 Å². The normalized spacial score (nSPS) is 11.4. The molecular weight excluding hydrogens is 204 g/mol. The summed E-state index contributed by atoms with van der Waals surface area (Å²) < 4.78 is 3.83. The fourth-order valence-electron chi connectivity index (χ4n) is 0.661.